The van der Waals surface area contributed by atoms with E-state index < -0.39 is 9.84 Å². The number of sulfone groups is 1. The van der Waals surface area contributed by atoms with E-state index in [1.165, 1.54) is 0 Å². The van der Waals surface area contributed by atoms with Crippen molar-refractivity contribution in [3.63, 3.8) is 0 Å². The molecule has 2 aromatic rings. The Bertz CT molecular complexity index is 891. The average Bonchev–Trinajstić information content (AvgIpc) is 3.20. The number of aliphatic imine (C=N–C) groups is 1. The van der Waals surface area contributed by atoms with Crippen LogP contribution in [0, 0.1) is 0 Å². The van der Waals surface area contributed by atoms with Crippen LogP contribution in [0.1, 0.15) is 31.0 Å². The van der Waals surface area contributed by atoms with E-state index in [1.54, 1.807) is 19.1 Å². The summed E-state index contributed by atoms with van der Waals surface area (Å²) in [6, 6.07) is 15.4. The van der Waals surface area contributed by atoms with Crippen molar-refractivity contribution < 1.29 is 8.42 Å². The first-order chi connectivity index (χ1) is 13.0. The second-order valence-electron chi connectivity index (χ2n) is 6.37. The van der Waals surface area contributed by atoms with Gasteiger partial charge in [0.05, 0.1) is 23.2 Å². The summed E-state index contributed by atoms with van der Waals surface area (Å²) in [6.07, 6.45) is 0. The zero-order valence-electron chi connectivity index (χ0n) is 15.7. The van der Waals surface area contributed by atoms with Crippen LogP contribution in [0.3, 0.4) is 0 Å². The largest absolute Gasteiger partial charge is 0.354 e. The van der Waals surface area contributed by atoms with Crippen molar-refractivity contribution in [3.8, 4) is 0 Å². The number of benzene rings is 2. The zero-order chi connectivity index (χ0) is 19.3. The first-order valence-electron chi connectivity index (χ1n) is 9.25. The van der Waals surface area contributed by atoms with Crippen LogP contribution < -0.4 is 16.0 Å². The highest BCUT2D eigenvalue weighted by molar-refractivity contribution is 7.91. The lowest BCUT2D eigenvalue weighted by Gasteiger charge is -2.20. The predicted molar refractivity (Wildman–Crippen MR) is 110 cm³/mol. The average molecular weight is 387 g/mol. The quantitative estimate of drug-likeness (QED) is 0.681. The second kappa shape index (κ2) is 8.54. The summed E-state index contributed by atoms with van der Waals surface area (Å²) in [4.78, 5) is 4.70. The van der Waals surface area contributed by atoms with Crippen molar-refractivity contribution in [1.82, 2.24) is 10.6 Å². The molecule has 3 N–H and O–H groups in total. The van der Waals surface area contributed by atoms with Crippen LogP contribution in [-0.4, -0.2) is 39.8 Å². The molecule has 1 atom stereocenters. The lowest BCUT2D eigenvalue weighted by atomic mass is 9.98. The highest BCUT2D eigenvalue weighted by Crippen LogP contribution is 2.25. The number of anilines is 1. The fraction of sp³-hybridized carbons (Fsp3) is 0.350. The number of hydrogen-bond acceptors (Lipinski definition) is 6. The molecule has 6 nitrogen and oxygen atoms in total. The fourth-order valence-corrected chi connectivity index (χ4v) is 3.93. The van der Waals surface area contributed by atoms with Gasteiger partial charge in [0.1, 0.15) is 0 Å². The Morgan fingerprint density at radius 1 is 1.04 bits per heavy atom. The van der Waals surface area contributed by atoms with E-state index in [-0.39, 0.29) is 11.8 Å². The molecule has 1 heterocycles. The predicted octanol–water partition coefficient (Wildman–Crippen LogP) is 2.55. The van der Waals surface area contributed by atoms with Gasteiger partial charge in [0.25, 0.3) is 0 Å². The lowest BCUT2D eigenvalue weighted by Crippen LogP contribution is -2.26. The van der Waals surface area contributed by atoms with Gasteiger partial charge >= 0.3 is 0 Å². The Balaban J connectivity index is 1.80. The first kappa shape index (κ1) is 19.4. The van der Waals surface area contributed by atoms with Gasteiger partial charge in [-0.1, -0.05) is 38.1 Å². The van der Waals surface area contributed by atoms with Gasteiger partial charge in [-0.2, -0.15) is 0 Å². The monoisotopic (exact) mass is 386 g/mol. The Morgan fingerprint density at radius 3 is 2.19 bits per heavy atom. The van der Waals surface area contributed by atoms with Crippen LogP contribution in [0.15, 0.2) is 58.4 Å². The van der Waals surface area contributed by atoms with E-state index >= 15 is 0 Å². The van der Waals surface area contributed by atoms with Gasteiger partial charge in [0, 0.05) is 12.2 Å². The van der Waals surface area contributed by atoms with E-state index in [0.717, 1.165) is 42.4 Å². The minimum atomic E-state index is -3.18. The van der Waals surface area contributed by atoms with E-state index in [0.29, 0.717) is 4.90 Å². The molecule has 0 saturated heterocycles. The number of nitrogens with zero attached hydrogens (tertiary/aromatic N) is 1. The van der Waals surface area contributed by atoms with Crippen molar-refractivity contribution >= 4 is 21.5 Å². The van der Waals surface area contributed by atoms with E-state index in [9.17, 15) is 8.42 Å². The zero-order valence-corrected chi connectivity index (χ0v) is 16.5. The topological polar surface area (TPSA) is 82.6 Å². The molecule has 0 amide bonds. The minimum absolute atomic E-state index is 0.00405. The molecule has 1 aliphatic rings. The van der Waals surface area contributed by atoms with Crippen LogP contribution in [0.4, 0.5) is 5.69 Å². The van der Waals surface area contributed by atoms with Gasteiger partial charge in [0.15, 0.2) is 15.8 Å². The third kappa shape index (κ3) is 4.67. The lowest BCUT2D eigenvalue weighted by molar-refractivity contribution is 0.596. The Labute approximate surface area is 161 Å². The maximum Gasteiger partial charge on any atom is 0.195 e. The van der Waals surface area contributed by atoms with Crippen LogP contribution in [0.2, 0.25) is 0 Å². The molecule has 3 rings (SSSR count). The van der Waals surface area contributed by atoms with Crippen LogP contribution >= 0.6 is 0 Å². The van der Waals surface area contributed by atoms with Gasteiger partial charge in [-0.05, 0) is 41.9 Å². The second-order valence-corrected chi connectivity index (χ2v) is 8.65. The molecule has 0 aromatic heterocycles. The molecule has 0 bridgehead atoms. The third-order valence-corrected chi connectivity index (χ3v) is 6.29. The van der Waals surface area contributed by atoms with E-state index in [1.807, 2.05) is 24.3 Å². The van der Waals surface area contributed by atoms with Crippen molar-refractivity contribution in [2.24, 2.45) is 4.99 Å². The molecule has 1 unspecified atom stereocenters. The SMILES string of the molecule is CCNC(c1ccc(NC2=NCCN2)cc1)c1ccc(S(=O)(=O)CC)cc1. The molecule has 7 heteroatoms. The Morgan fingerprint density at radius 2 is 1.67 bits per heavy atom. The molecule has 27 heavy (non-hydrogen) atoms. The summed E-state index contributed by atoms with van der Waals surface area (Å²) in [6.45, 7) is 6.19. The molecule has 2 aromatic carbocycles. The normalized spacial score (nSPS) is 15.1. The summed E-state index contributed by atoms with van der Waals surface area (Å²) in [7, 11) is -3.18. The summed E-state index contributed by atoms with van der Waals surface area (Å²) in [5.41, 5.74) is 3.14. The van der Waals surface area contributed by atoms with Gasteiger partial charge in [0.2, 0.25) is 0 Å². The smallest absolute Gasteiger partial charge is 0.195 e. The number of guanidine groups is 1. The van der Waals surface area contributed by atoms with Crippen molar-refractivity contribution in [2.45, 2.75) is 24.8 Å². The molecule has 0 aliphatic carbocycles. The van der Waals surface area contributed by atoms with Crippen molar-refractivity contribution in [3.05, 3.63) is 59.7 Å². The standard InChI is InChI=1S/C20H26N4O2S/c1-3-21-19(16-7-11-18(12-8-16)27(25,26)4-2)15-5-9-17(10-6-15)24-20-22-13-14-23-20/h5-12,19,21H,3-4,13-14H2,1-2H3,(H2,22,23,24). The van der Waals surface area contributed by atoms with Gasteiger partial charge < -0.3 is 16.0 Å². The highest BCUT2D eigenvalue weighted by atomic mass is 32.2. The molecule has 0 spiro atoms. The summed E-state index contributed by atoms with van der Waals surface area (Å²) >= 11 is 0. The summed E-state index contributed by atoms with van der Waals surface area (Å²) in [5.74, 6) is 0.913. The van der Waals surface area contributed by atoms with Crippen molar-refractivity contribution in [1.29, 1.82) is 0 Å². The van der Waals surface area contributed by atoms with E-state index in [2.05, 4.69) is 40.0 Å². The maximum absolute atomic E-state index is 12.0. The first-order valence-corrected chi connectivity index (χ1v) is 10.9. The molecular formula is C20H26N4O2S. The number of hydrogen-bond donors (Lipinski definition) is 3. The highest BCUT2D eigenvalue weighted by Gasteiger charge is 2.16. The Kier molecular flexibility index (Phi) is 6.13. The number of nitrogens with one attached hydrogen (secondary N) is 3. The molecule has 0 saturated carbocycles. The molecular weight excluding hydrogens is 360 g/mol. The van der Waals surface area contributed by atoms with Crippen LogP contribution in [-0.2, 0) is 9.84 Å². The van der Waals surface area contributed by atoms with Gasteiger partial charge in [-0.3, -0.25) is 4.99 Å². The number of rotatable bonds is 7. The van der Waals surface area contributed by atoms with Crippen LogP contribution in [0.5, 0.6) is 0 Å². The summed E-state index contributed by atoms with van der Waals surface area (Å²) in [5, 5.41) is 9.92. The fourth-order valence-electron chi connectivity index (χ4n) is 3.04. The molecule has 0 fully saturated rings. The molecule has 144 valence electrons. The van der Waals surface area contributed by atoms with Crippen molar-refractivity contribution in [2.75, 3.05) is 30.7 Å². The van der Waals surface area contributed by atoms with Gasteiger partial charge in [-0.25, -0.2) is 8.42 Å². The van der Waals surface area contributed by atoms with Crippen LogP contribution in [0.25, 0.3) is 0 Å². The summed E-state index contributed by atoms with van der Waals surface area (Å²) < 4.78 is 24.0. The van der Waals surface area contributed by atoms with Gasteiger partial charge in [-0.15, -0.1) is 0 Å². The third-order valence-electron chi connectivity index (χ3n) is 4.54. The maximum atomic E-state index is 12.0. The molecule has 1 aliphatic heterocycles. The van der Waals surface area contributed by atoms with E-state index in [4.69, 9.17) is 0 Å². The Hall–Kier alpha value is -2.38. The minimum Gasteiger partial charge on any atom is -0.354 e. The molecule has 0 radical (unpaired) electrons.